The number of hydrogen-bond donors (Lipinski definition) is 1. The average molecular weight is 228 g/mol. The smallest absolute Gasteiger partial charge is 0.0593 e. The third-order valence-electron chi connectivity index (χ3n) is 3.53. The van der Waals surface area contributed by atoms with Gasteiger partial charge in [-0.05, 0) is 19.8 Å². The average Bonchev–Trinajstić information content (AvgIpc) is 2.29. The molecule has 0 spiro atoms. The molecule has 1 N–H and O–H groups in total. The second-order valence-electron chi connectivity index (χ2n) is 5.08. The first-order chi connectivity index (χ1) is 7.70. The van der Waals surface area contributed by atoms with Crippen LogP contribution in [-0.4, -0.2) is 49.8 Å². The van der Waals surface area contributed by atoms with E-state index in [1.165, 1.54) is 19.3 Å². The van der Waals surface area contributed by atoms with Crippen molar-refractivity contribution >= 4 is 0 Å². The number of piperazine rings is 1. The summed E-state index contributed by atoms with van der Waals surface area (Å²) >= 11 is 0. The van der Waals surface area contributed by atoms with E-state index in [-0.39, 0.29) is 0 Å². The summed E-state index contributed by atoms with van der Waals surface area (Å²) in [5.41, 5.74) is 0.307. The SMILES string of the molecule is CCCCOCCN1CCNC(C)(CC)C1. The molecule has 1 fully saturated rings. The normalized spacial score (nSPS) is 27.2. The minimum Gasteiger partial charge on any atom is -0.380 e. The number of hydrogen-bond acceptors (Lipinski definition) is 3. The predicted octanol–water partition coefficient (Wildman–Crippen LogP) is 1.88. The van der Waals surface area contributed by atoms with Crippen LogP contribution in [0.1, 0.15) is 40.0 Å². The van der Waals surface area contributed by atoms with Crippen LogP contribution in [0.25, 0.3) is 0 Å². The highest BCUT2D eigenvalue weighted by Gasteiger charge is 2.28. The molecule has 0 aromatic carbocycles. The van der Waals surface area contributed by atoms with E-state index in [0.717, 1.165) is 39.4 Å². The summed E-state index contributed by atoms with van der Waals surface area (Å²) in [5.74, 6) is 0. The second-order valence-corrected chi connectivity index (χ2v) is 5.08. The lowest BCUT2D eigenvalue weighted by molar-refractivity contribution is 0.0742. The Morgan fingerprint density at radius 1 is 1.31 bits per heavy atom. The van der Waals surface area contributed by atoms with E-state index in [4.69, 9.17) is 4.74 Å². The third-order valence-corrected chi connectivity index (χ3v) is 3.53. The van der Waals surface area contributed by atoms with Crippen LogP contribution in [0.2, 0.25) is 0 Å². The number of nitrogens with one attached hydrogen (secondary N) is 1. The molecular weight excluding hydrogens is 200 g/mol. The third kappa shape index (κ3) is 4.81. The first-order valence-corrected chi connectivity index (χ1v) is 6.75. The van der Waals surface area contributed by atoms with Crippen molar-refractivity contribution in [3.05, 3.63) is 0 Å². The topological polar surface area (TPSA) is 24.5 Å². The van der Waals surface area contributed by atoms with Crippen LogP contribution >= 0.6 is 0 Å². The summed E-state index contributed by atoms with van der Waals surface area (Å²) in [7, 11) is 0. The fraction of sp³-hybridized carbons (Fsp3) is 1.00. The van der Waals surface area contributed by atoms with Crippen molar-refractivity contribution in [2.75, 3.05) is 39.4 Å². The van der Waals surface area contributed by atoms with Gasteiger partial charge < -0.3 is 10.1 Å². The number of rotatable bonds is 7. The summed E-state index contributed by atoms with van der Waals surface area (Å²) in [4.78, 5) is 2.52. The van der Waals surface area contributed by atoms with Gasteiger partial charge in [0, 0.05) is 38.3 Å². The largest absolute Gasteiger partial charge is 0.380 e. The molecule has 0 radical (unpaired) electrons. The van der Waals surface area contributed by atoms with E-state index >= 15 is 0 Å². The molecule has 1 aliphatic rings. The van der Waals surface area contributed by atoms with Crippen molar-refractivity contribution < 1.29 is 4.74 Å². The molecule has 1 unspecified atom stereocenters. The van der Waals surface area contributed by atoms with Gasteiger partial charge in [0.15, 0.2) is 0 Å². The van der Waals surface area contributed by atoms with E-state index in [9.17, 15) is 0 Å². The Hall–Kier alpha value is -0.120. The molecule has 0 amide bonds. The summed E-state index contributed by atoms with van der Waals surface area (Å²) in [5, 5.41) is 3.60. The molecule has 1 rings (SSSR count). The molecule has 1 saturated heterocycles. The van der Waals surface area contributed by atoms with Gasteiger partial charge >= 0.3 is 0 Å². The van der Waals surface area contributed by atoms with Crippen LogP contribution in [0.3, 0.4) is 0 Å². The van der Waals surface area contributed by atoms with Gasteiger partial charge in [0.2, 0.25) is 0 Å². The van der Waals surface area contributed by atoms with E-state index in [2.05, 4.69) is 31.0 Å². The first kappa shape index (κ1) is 13.9. The molecule has 0 aromatic heterocycles. The van der Waals surface area contributed by atoms with Crippen LogP contribution in [0, 0.1) is 0 Å². The standard InChI is InChI=1S/C13H28N2O/c1-4-6-10-16-11-9-15-8-7-14-13(3,5-2)12-15/h14H,4-12H2,1-3H3. The van der Waals surface area contributed by atoms with E-state index in [1.807, 2.05) is 0 Å². The summed E-state index contributed by atoms with van der Waals surface area (Å²) in [6, 6.07) is 0. The van der Waals surface area contributed by atoms with Crippen molar-refractivity contribution in [2.24, 2.45) is 0 Å². The molecule has 16 heavy (non-hydrogen) atoms. The zero-order chi connectivity index (χ0) is 11.9. The molecule has 0 aromatic rings. The Balaban J connectivity index is 2.12. The second kappa shape index (κ2) is 7.25. The van der Waals surface area contributed by atoms with Gasteiger partial charge in [-0.25, -0.2) is 0 Å². The fourth-order valence-corrected chi connectivity index (χ4v) is 2.11. The van der Waals surface area contributed by atoms with Crippen molar-refractivity contribution in [1.82, 2.24) is 10.2 Å². The van der Waals surface area contributed by atoms with Gasteiger partial charge in [0.1, 0.15) is 0 Å². The van der Waals surface area contributed by atoms with Crippen LogP contribution in [0.4, 0.5) is 0 Å². The van der Waals surface area contributed by atoms with Crippen LogP contribution < -0.4 is 5.32 Å². The van der Waals surface area contributed by atoms with Crippen molar-refractivity contribution in [3.8, 4) is 0 Å². The van der Waals surface area contributed by atoms with E-state index < -0.39 is 0 Å². The van der Waals surface area contributed by atoms with Crippen LogP contribution in [0.5, 0.6) is 0 Å². The summed E-state index contributed by atoms with van der Waals surface area (Å²) in [6.45, 7) is 13.1. The molecule has 96 valence electrons. The number of ether oxygens (including phenoxy) is 1. The van der Waals surface area contributed by atoms with Crippen LogP contribution in [-0.2, 0) is 4.74 Å². The van der Waals surface area contributed by atoms with Gasteiger partial charge in [-0.2, -0.15) is 0 Å². The molecule has 1 atom stereocenters. The lowest BCUT2D eigenvalue weighted by Crippen LogP contribution is -2.58. The zero-order valence-corrected chi connectivity index (χ0v) is 11.2. The van der Waals surface area contributed by atoms with Gasteiger partial charge in [-0.1, -0.05) is 20.3 Å². The Kier molecular flexibility index (Phi) is 6.32. The van der Waals surface area contributed by atoms with E-state index in [1.54, 1.807) is 0 Å². The lowest BCUT2D eigenvalue weighted by atomic mass is 9.96. The van der Waals surface area contributed by atoms with Gasteiger partial charge in [0.25, 0.3) is 0 Å². The van der Waals surface area contributed by atoms with Crippen LogP contribution in [0.15, 0.2) is 0 Å². The number of nitrogens with zero attached hydrogens (tertiary/aromatic N) is 1. The minimum atomic E-state index is 0.307. The fourth-order valence-electron chi connectivity index (χ4n) is 2.11. The Bertz CT molecular complexity index is 187. The highest BCUT2D eigenvalue weighted by Crippen LogP contribution is 2.14. The van der Waals surface area contributed by atoms with Crippen molar-refractivity contribution in [1.29, 1.82) is 0 Å². The molecular formula is C13H28N2O. The quantitative estimate of drug-likeness (QED) is 0.673. The van der Waals surface area contributed by atoms with E-state index in [0.29, 0.717) is 5.54 Å². The Morgan fingerprint density at radius 3 is 2.81 bits per heavy atom. The maximum atomic E-state index is 5.62. The molecule has 0 aliphatic carbocycles. The first-order valence-electron chi connectivity index (χ1n) is 6.75. The lowest BCUT2D eigenvalue weighted by Gasteiger charge is -2.41. The predicted molar refractivity (Wildman–Crippen MR) is 68.9 cm³/mol. The minimum absolute atomic E-state index is 0.307. The number of unbranched alkanes of at least 4 members (excludes halogenated alkanes) is 1. The van der Waals surface area contributed by atoms with Gasteiger partial charge in [-0.15, -0.1) is 0 Å². The molecule has 1 aliphatic heterocycles. The molecule has 0 bridgehead atoms. The maximum absolute atomic E-state index is 5.62. The van der Waals surface area contributed by atoms with Crippen molar-refractivity contribution in [2.45, 2.75) is 45.6 Å². The molecule has 1 heterocycles. The summed E-state index contributed by atoms with van der Waals surface area (Å²) in [6.07, 6.45) is 3.61. The van der Waals surface area contributed by atoms with Gasteiger partial charge in [0.05, 0.1) is 6.61 Å². The van der Waals surface area contributed by atoms with Gasteiger partial charge in [-0.3, -0.25) is 4.90 Å². The van der Waals surface area contributed by atoms with Crippen molar-refractivity contribution in [3.63, 3.8) is 0 Å². The molecule has 3 nitrogen and oxygen atoms in total. The molecule has 3 heteroatoms. The highest BCUT2D eigenvalue weighted by molar-refractivity contribution is 4.89. The zero-order valence-electron chi connectivity index (χ0n) is 11.2. The highest BCUT2D eigenvalue weighted by atomic mass is 16.5. The maximum Gasteiger partial charge on any atom is 0.0593 e. The molecule has 0 saturated carbocycles. The monoisotopic (exact) mass is 228 g/mol. The Morgan fingerprint density at radius 2 is 2.12 bits per heavy atom. The summed E-state index contributed by atoms with van der Waals surface area (Å²) < 4.78 is 5.62. The Labute approximate surface area is 101 Å².